The molecular weight excluding hydrogens is 331 g/mol. The molecule has 0 aliphatic carbocycles. The Balaban J connectivity index is 1.54. The maximum absolute atomic E-state index is 13.8. The monoisotopic (exact) mass is 358 g/mol. The maximum Gasteiger partial charge on any atom is 0.227 e. The Morgan fingerprint density at radius 3 is 2.85 bits per heavy atom. The van der Waals surface area contributed by atoms with Crippen molar-refractivity contribution in [2.24, 2.45) is 7.05 Å². The van der Waals surface area contributed by atoms with Gasteiger partial charge in [-0.3, -0.25) is 14.4 Å². The highest BCUT2D eigenvalue weighted by molar-refractivity contribution is 5.78. The number of carbonyl (C=O) groups is 1. The van der Waals surface area contributed by atoms with E-state index in [0.717, 1.165) is 38.9 Å². The third kappa shape index (κ3) is 4.69. The maximum atomic E-state index is 13.8. The summed E-state index contributed by atoms with van der Waals surface area (Å²) in [6.45, 7) is 2.88. The predicted molar refractivity (Wildman–Crippen MR) is 99.0 cm³/mol. The fourth-order valence-electron chi connectivity index (χ4n) is 3.63. The molecule has 1 atom stereocenters. The van der Waals surface area contributed by atoms with Gasteiger partial charge in [-0.05, 0) is 37.4 Å². The Bertz CT molecular complexity index is 745. The molecule has 1 aliphatic rings. The van der Waals surface area contributed by atoms with Gasteiger partial charge in [-0.1, -0.05) is 18.2 Å². The highest BCUT2D eigenvalue weighted by atomic mass is 19.1. The minimum absolute atomic E-state index is 0.0131. The molecule has 1 fully saturated rings. The predicted octanol–water partition coefficient (Wildman–Crippen LogP) is 2.61. The molecule has 2 heterocycles. The molecule has 140 valence electrons. The number of likely N-dealkylation sites (N-methyl/N-ethyl adjacent to an activating group) is 1. The van der Waals surface area contributed by atoms with E-state index in [1.165, 1.54) is 11.6 Å². The molecule has 3 rings (SSSR count). The van der Waals surface area contributed by atoms with Crippen LogP contribution in [-0.4, -0.2) is 51.7 Å². The third-order valence-corrected chi connectivity index (χ3v) is 5.20. The number of aryl methyl sites for hydroxylation is 1. The van der Waals surface area contributed by atoms with E-state index in [4.69, 9.17) is 0 Å². The zero-order chi connectivity index (χ0) is 18.5. The van der Waals surface area contributed by atoms with Crippen molar-refractivity contribution in [1.82, 2.24) is 19.6 Å². The van der Waals surface area contributed by atoms with Crippen molar-refractivity contribution >= 4 is 5.91 Å². The average molecular weight is 358 g/mol. The van der Waals surface area contributed by atoms with E-state index in [1.54, 1.807) is 18.2 Å². The molecule has 0 spiro atoms. The Hall–Kier alpha value is -2.21. The summed E-state index contributed by atoms with van der Waals surface area (Å²) in [5.41, 5.74) is 1.69. The number of aromatic nitrogens is 2. The topological polar surface area (TPSA) is 41.4 Å². The lowest BCUT2D eigenvalue weighted by Gasteiger charge is -2.27. The van der Waals surface area contributed by atoms with Gasteiger partial charge in [0.05, 0.1) is 12.6 Å². The van der Waals surface area contributed by atoms with Crippen LogP contribution in [-0.2, 0) is 24.8 Å². The molecule has 6 heteroatoms. The van der Waals surface area contributed by atoms with Gasteiger partial charge in [-0.25, -0.2) is 4.39 Å². The number of nitrogens with zero attached hydrogens (tertiary/aromatic N) is 4. The molecular formula is C20H27FN4O. The van der Waals surface area contributed by atoms with Crippen LogP contribution in [0.5, 0.6) is 0 Å². The van der Waals surface area contributed by atoms with Crippen LogP contribution in [0.2, 0.25) is 0 Å². The summed E-state index contributed by atoms with van der Waals surface area (Å²) >= 11 is 0. The second-order valence-corrected chi connectivity index (χ2v) is 7.16. The van der Waals surface area contributed by atoms with Crippen LogP contribution >= 0.6 is 0 Å². The Morgan fingerprint density at radius 2 is 2.12 bits per heavy atom. The molecule has 1 saturated heterocycles. The Labute approximate surface area is 154 Å². The van der Waals surface area contributed by atoms with Crippen molar-refractivity contribution in [1.29, 1.82) is 0 Å². The van der Waals surface area contributed by atoms with Gasteiger partial charge in [-0.15, -0.1) is 0 Å². The first-order valence-corrected chi connectivity index (χ1v) is 9.22. The van der Waals surface area contributed by atoms with Crippen molar-refractivity contribution in [2.75, 3.05) is 20.1 Å². The average Bonchev–Trinajstić information content (AvgIpc) is 2.89. The van der Waals surface area contributed by atoms with Gasteiger partial charge in [0.15, 0.2) is 0 Å². The zero-order valence-electron chi connectivity index (χ0n) is 15.6. The van der Waals surface area contributed by atoms with E-state index in [1.807, 2.05) is 36.1 Å². The summed E-state index contributed by atoms with van der Waals surface area (Å²) in [6.07, 6.45) is 7.07. The first kappa shape index (κ1) is 18.6. The van der Waals surface area contributed by atoms with Crippen molar-refractivity contribution in [3.05, 3.63) is 53.6 Å². The molecule has 1 aromatic carbocycles. The van der Waals surface area contributed by atoms with Crippen LogP contribution < -0.4 is 0 Å². The minimum atomic E-state index is -0.308. The van der Waals surface area contributed by atoms with Crippen LogP contribution in [0.3, 0.4) is 0 Å². The molecule has 1 unspecified atom stereocenters. The second-order valence-electron chi connectivity index (χ2n) is 7.16. The number of carbonyl (C=O) groups excluding carboxylic acids is 1. The first-order valence-electron chi connectivity index (χ1n) is 9.22. The van der Waals surface area contributed by atoms with Crippen molar-refractivity contribution in [3.8, 4) is 0 Å². The summed E-state index contributed by atoms with van der Waals surface area (Å²) in [7, 11) is 3.78. The smallest absolute Gasteiger partial charge is 0.227 e. The molecule has 1 amide bonds. The number of amides is 1. The zero-order valence-corrected chi connectivity index (χ0v) is 15.6. The van der Waals surface area contributed by atoms with Gasteiger partial charge >= 0.3 is 0 Å². The highest BCUT2D eigenvalue weighted by Gasteiger charge is 2.24. The van der Waals surface area contributed by atoms with E-state index in [2.05, 4.69) is 10.00 Å². The van der Waals surface area contributed by atoms with Gasteiger partial charge < -0.3 is 4.90 Å². The molecule has 5 nitrogen and oxygen atoms in total. The van der Waals surface area contributed by atoms with Crippen LogP contribution in [0.25, 0.3) is 0 Å². The molecule has 0 saturated carbocycles. The molecule has 2 aromatic rings. The first-order chi connectivity index (χ1) is 12.5. The molecule has 1 aromatic heterocycles. The molecule has 0 radical (unpaired) electrons. The summed E-state index contributed by atoms with van der Waals surface area (Å²) in [4.78, 5) is 16.8. The number of rotatable bonds is 5. The standard InChI is InChI=1S/C20H27FN4O/c1-23-14-16(13-22-23)15-25-10-5-7-18(9-11-25)24(2)20(26)12-17-6-3-4-8-19(17)21/h3-4,6,8,13-14,18H,5,7,9-12,15H2,1-2H3. The van der Waals surface area contributed by atoms with Gasteiger partial charge in [0.25, 0.3) is 0 Å². The summed E-state index contributed by atoms with van der Waals surface area (Å²) < 4.78 is 15.6. The van der Waals surface area contributed by atoms with Crippen molar-refractivity contribution in [2.45, 2.75) is 38.3 Å². The molecule has 1 aliphatic heterocycles. The molecule has 0 bridgehead atoms. The van der Waals surface area contributed by atoms with Crippen molar-refractivity contribution < 1.29 is 9.18 Å². The molecule has 0 N–H and O–H groups in total. The van der Waals surface area contributed by atoms with Gasteiger partial charge in [0.2, 0.25) is 5.91 Å². The lowest BCUT2D eigenvalue weighted by molar-refractivity contribution is -0.131. The summed E-state index contributed by atoms with van der Waals surface area (Å²) in [5.74, 6) is -0.321. The van der Waals surface area contributed by atoms with E-state index in [0.29, 0.717) is 5.56 Å². The number of halogens is 1. The summed E-state index contributed by atoms with van der Waals surface area (Å²) in [6, 6.07) is 6.73. The number of likely N-dealkylation sites (tertiary alicyclic amines) is 1. The van der Waals surface area contributed by atoms with E-state index in [9.17, 15) is 9.18 Å². The number of hydrogen-bond donors (Lipinski definition) is 0. The van der Waals surface area contributed by atoms with Crippen LogP contribution in [0, 0.1) is 5.82 Å². The Morgan fingerprint density at radius 1 is 1.31 bits per heavy atom. The normalized spacial score (nSPS) is 18.5. The van der Waals surface area contributed by atoms with Crippen molar-refractivity contribution in [3.63, 3.8) is 0 Å². The second kappa shape index (κ2) is 8.45. The van der Waals surface area contributed by atoms with E-state index < -0.39 is 0 Å². The molecule has 26 heavy (non-hydrogen) atoms. The lowest BCUT2D eigenvalue weighted by Crippen LogP contribution is -2.38. The van der Waals surface area contributed by atoms with Gasteiger partial charge in [0, 0.05) is 45.0 Å². The number of benzene rings is 1. The Kier molecular flexibility index (Phi) is 6.04. The van der Waals surface area contributed by atoms with E-state index >= 15 is 0 Å². The summed E-state index contributed by atoms with van der Waals surface area (Å²) in [5, 5.41) is 4.23. The quantitative estimate of drug-likeness (QED) is 0.825. The SMILES string of the molecule is CN(C(=O)Cc1ccccc1F)C1CCCN(Cc2cnn(C)c2)CC1. The minimum Gasteiger partial charge on any atom is -0.342 e. The van der Waals surface area contributed by atoms with Gasteiger partial charge in [-0.2, -0.15) is 5.10 Å². The van der Waals surface area contributed by atoms with E-state index in [-0.39, 0.29) is 24.2 Å². The van der Waals surface area contributed by atoms with Crippen LogP contribution in [0.4, 0.5) is 4.39 Å². The number of hydrogen-bond acceptors (Lipinski definition) is 3. The largest absolute Gasteiger partial charge is 0.342 e. The fraction of sp³-hybridized carbons (Fsp3) is 0.500. The van der Waals surface area contributed by atoms with Crippen LogP contribution in [0.15, 0.2) is 36.7 Å². The van der Waals surface area contributed by atoms with Crippen LogP contribution in [0.1, 0.15) is 30.4 Å². The lowest BCUT2D eigenvalue weighted by atomic mass is 10.1. The fourth-order valence-corrected chi connectivity index (χ4v) is 3.63. The third-order valence-electron chi connectivity index (χ3n) is 5.20. The van der Waals surface area contributed by atoms with Gasteiger partial charge in [0.1, 0.15) is 5.82 Å². The highest BCUT2D eigenvalue weighted by Crippen LogP contribution is 2.19.